The summed E-state index contributed by atoms with van der Waals surface area (Å²) in [4.78, 5) is 2.18. The first-order valence-electron chi connectivity index (χ1n) is 9.43. The number of anilines is 1. The van der Waals surface area contributed by atoms with Gasteiger partial charge < -0.3 is 20.1 Å². The molecule has 0 bridgehead atoms. The van der Waals surface area contributed by atoms with Crippen LogP contribution in [0.4, 0.5) is 10.1 Å². The fraction of sp³-hybridized carbons (Fsp3) is 0.364. The van der Waals surface area contributed by atoms with E-state index in [9.17, 15) is 4.39 Å². The van der Waals surface area contributed by atoms with Crippen molar-refractivity contribution in [2.75, 3.05) is 38.3 Å². The van der Waals surface area contributed by atoms with Gasteiger partial charge in [-0.05, 0) is 60.9 Å². The van der Waals surface area contributed by atoms with Crippen LogP contribution in [0.1, 0.15) is 30.9 Å². The fourth-order valence-electron chi connectivity index (χ4n) is 3.31. The molecule has 0 unspecified atom stereocenters. The molecule has 144 valence electrons. The summed E-state index contributed by atoms with van der Waals surface area (Å²) in [6, 6.07) is 11.1. The zero-order valence-corrected chi connectivity index (χ0v) is 16.0. The van der Waals surface area contributed by atoms with Gasteiger partial charge >= 0.3 is 0 Å². The molecule has 0 saturated heterocycles. The van der Waals surface area contributed by atoms with Crippen molar-refractivity contribution in [3.05, 3.63) is 53.3 Å². The lowest BCUT2D eigenvalue weighted by molar-refractivity contribution is 0.317. The van der Waals surface area contributed by atoms with Crippen molar-refractivity contribution >= 4 is 17.3 Å². The summed E-state index contributed by atoms with van der Waals surface area (Å²) in [6.45, 7) is 4.70. The number of halogens is 1. The number of hydrogen-bond donors (Lipinski definition) is 1. The topological polar surface area (TPSA) is 47.7 Å². The molecule has 5 heteroatoms. The van der Waals surface area contributed by atoms with Gasteiger partial charge in [-0.25, -0.2) is 4.39 Å². The summed E-state index contributed by atoms with van der Waals surface area (Å²) >= 11 is 0. The smallest absolute Gasteiger partial charge is 0.143 e. The second kappa shape index (κ2) is 8.91. The Hall–Kier alpha value is -2.53. The number of ether oxygens (including phenoxy) is 2. The maximum atomic E-state index is 14.7. The number of fused-ring (bicyclic) bond motifs is 1. The third-order valence-electron chi connectivity index (χ3n) is 4.68. The first-order valence-corrected chi connectivity index (χ1v) is 9.43. The normalized spacial score (nSPS) is 13.2. The number of hydrogen-bond acceptors (Lipinski definition) is 4. The number of benzene rings is 2. The molecule has 0 amide bonds. The largest absolute Gasteiger partial charge is 0.497 e. The predicted molar refractivity (Wildman–Crippen MR) is 109 cm³/mol. The van der Waals surface area contributed by atoms with E-state index >= 15 is 0 Å². The van der Waals surface area contributed by atoms with Crippen LogP contribution >= 0.6 is 0 Å². The third-order valence-corrected chi connectivity index (χ3v) is 4.68. The highest BCUT2D eigenvalue weighted by Gasteiger charge is 2.25. The minimum Gasteiger partial charge on any atom is -0.497 e. The van der Waals surface area contributed by atoms with Crippen LogP contribution in [-0.2, 0) is 0 Å². The Balaban J connectivity index is 2.04. The Morgan fingerprint density at radius 1 is 1.15 bits per heavy atom. The number of methoxy groups -OCH3 is 1. The summed E-state index contributed by atoms with van der Waals surface area (Å²) in [5.41, 5.74) is 9.26. The summed E-state index contributed by atoms with van der Waals surface area (Å²) in [7, 11) is 1.65. The Bertz CT molecular complexity index is 803. The first-order chi connectivity index (χ1) is 13.2. The molecule has 1 heterocycles. The van der Waals surface area contributed by atoms with Gasteiger partial charge in [-0.15, -0.1) is 0 Å². The first kappa shape index (κ1) is 19.2. The fourth-order valence-corrected chi connectivity index (χ4v) is 3.31. The number of nitrogens with zero attached hydrogens (tertiary/aromatic N) is 1. The average molecular weight is 370 g/mol. The number of nitrogens with two attached hydrogens (primary N) is 1. The molecule has 4 nitrogen and oxygen atoms in total. The van der Waals surface area contributed by atoms with Crippen molar-refractivity contribution in [2.24, 2.45) is 5.73 Å². The van der Waals surface area contributed by atoms with E-state index in [0.717, 1.165) is 47.7 Å². The van der Waals surface area contributed by atoms with Crippen LogP contribution in [0.5, 0.6) is 11.5 Å². The summed E-state index contributed by atoms with van der Waals surface area (Å²) in [5.74, 6) is 1.30. The molecule has 0 radical (unpaired) electrons. The van der Waals surface area contributed by atoms with Crippen molar-refractivity contribution in [1.29, 1.82) is 0 Å². The molecule has 3 rings (SSSR count). The Morgan fingerprint density at radius 3 is 2.59 bits per heavy atom. The van der Waals surface area contributed by atoms with Gasteiger partial charge in [-0.2, -0.15) is 0 Å². The molecule has 0 aromatic heterocycles. The SMILES string of the molecule is CCCOc1ccc(F)c2c1N(CCCN)CC(c1ccc(OC)cc1)=C2. The molecule has 2 aromatic rings. The highest BCUT2D eigenvalue weighted by Crippen LogP contribution is 2.41. The van der Waals surface area contributed by atoms with Crippen LogP contribution in [0.15, 0.2) is 36.4 Å². The van der Waals surface area contributed by atoms with Crippen LogP contribution in [0.2, 0.25) is 0 Å². The molecular weight excluding hydrogens is 343 g/mol. The van der Waals surface area contributed by atoms with Crippen LogP contribution in [0.25, 0.3) is 11.6 Å². The van der Waals surface area contributed by atoms with E-state index in [1.54, 1.807) is 13.2 Å². The summed E-state index contributed by atoms with van der Waals surface area (Å²) in [6.07, 6.45) is 3.67. The van der Waals surface area contributed by atoms with E-state index in [2.05, 4.69) is 11.8 Å². The van der Waals surface area contributed by atoms with Crippen LogP contribution < -0.4 is 20.1 Å². The van der Waals surface area contributed by atoms with Gasteiger partial charge in [0.15, 0.2) is 0 Å². The third kappa shape index (κ3) is 4.25. The molecule has 0 saturated carbocycles. The molecule has 2 N–H and O–H groups in total. The van der Waals surface area contributed by atoms with E-state index in [4.69, 9.17) is 15.2 Å². The Kier molecular flexibility index (Phi) is 6.35. The molecule has 27 heavy (non-hydrogen) atoms. The number of rotatable bonds is 8. The van der Waals surface area contributed by atoms with Gasteiger partial charge in [0.2, 0.25) is 0 Å². The Labute approximate surface area is 160 Å². The van der Waals surface area contributed by atoms with Gasteiger partial charge in [0, 0.05) is 18.7 Å². The monoisotopic (exact) mass is 370 g/mol. The second-order valence-corrected chi connectivity index (χ2v) is 6.62. The lowest BCUT2D eigenvalue weighted by atomic mass is 9.96. The highest BCUT2D eigenvalue weighted by atomic mass is 19.1. The zero-order valence-electron chi connectivity index (χ0n) is 16.0. The van der Waals surface area contributed by atoms with Crippen LogP contribution in [0.3, 0.4) is 0 Å². The van der Waals surface area contributed by atoms with Crippen LogP contribution in [-0.4, -0.2) is 33.4 Å². The van der Waals surface area contributed by atoms with E-state index in [0.29, 0.717) is 25.3 Å². The summed E-state index contributed by atoms with van der Waals surface area (Å²) < 4.78 is 25.8. The molecule has 0 fully saturated rings. The Morgan fingerprint density at radius 2 is 1.93 bits per heavy atom. The summed E-state index contributed by atoms with van der Waals surface area (Å²) in [5, 5.41) is 0. The van der Waals surface area contributed by atoms with Gasteiger partial charge in [-0.3, -0.25) is 0 Å². The molecule has 1 aliphatic rings. The molecule has 0 atom stereocenters. The zero-order chi connectivity index (χ0) is 19.2. The minimum atomic E-state index is -0.239. The second-order valence-electron chi connectivity index (χ2n) is 6.62. The van der Waals surface area contributed by atoms with E-state index in [1.165, 1.54) is 6.07 Å². The van der Waals surface area contributed by atoms with Crippen LogP contribution in [0, 0.1) is 5.82 Å². The standard InChI is InChI=1S/C22H27FN2O2/c1-3-13-27-21-10-9-20(23)19-14-17(15-25(22(19)21)12-4-11-24)16-5-7-18(26-2)8-6-16/h5-10,14H,3-4,11-13,15,24H2,1-2H3. The maximum Gasteiger partial charge on any atom is 0.143 e. The molecule has 0 aliphatic carbocycles. The van der Waals surface area contributed by atoms with Gasteiger partial charge in [0.05, 0.1) is 19.4 Å². The van der Waals surface area contributed by atoms with E-state index in [-0.39, 0.29) is 5.82 Å². The lowest BCUT2D eigenvalue weighted by Gasteiger charge is -2.33. The minimum absolute atomic E-state index is 0.239. The van der Waals surface area contributed by atoms with Gasteiger partial charge in [0.25, 0.3) is 0 Å². The molecular formula is C22H27FN2O2. The van der Waals surface area contributed by atoms with Crippen molar-refractivity contribution < 1.29 is 13.9 Å². The lowest BCUT2D eigenvalue weighted by Crippen LogP contribution is -2.31. The predicted octanol–water partition coefficient (Wildman–Crippen LogP) is 4.33. The van der Waals surface area contributed by atoms with Crippen molar-refractivity contribution in [3.8, 4) is 11.5 Å². The van der Waals surface area contributed by atoms with E-state index in [1.807, 2.05) is 30.3 Å². The quantitative estimate of drug-likeness (QED) is 0.751. The van der Waals surface area contributed by atoms with Gasteiger partial charge in [0.1, 0.15) is 17.3 Å². The van der Waals surface area contributed by atoms with Crippen molar-refractivity contribution in [3.63, 3.8) is 0 Å². The van der Waals surface area contributed by atoms with E-state index < -0.39 is 0 Å². The van der Waals surface area contributed by atoms with Crippen molar-refractivity contribution in [1.82, 2.24) is 0 Å². The highest BCUT2D eigenvalue weighted by molar-refractivity contribution is 5.93. The molecule has 2 aromatic carbocycles. The molecule has 0 spiro atoms. The maximum absolute atomic E-state index is 14.7. The average Bonchev–Trinajstić information content (AvgIpc) is 2.71. The van der Waals surface area contributed by atoms with Gasteiger partial charge in [-0.1, -0.05) is 19.1 Å². The molecule has 1 aliphatic heterocycles. The van der Waals surface area contributed by atoms with Crippen molar-refractivity contribution in [2.45, 2.75) is 19.8 Å².